The first-order chi connectivity index (χ1) is 14.0. The Balaban J connectivity index is 1.55. The fourth-order valence-electron chi connectivity index (χ4n) is 3.82. The number of aromatic nitrogens is 3. The fourth-order valence-corrected chi connectivity index (χ4v) is 3.82. The lowest BCUT2D eigenvalue weighted by Crippen LogP contribution is -2.46. The average Bonchev–Trinajstić information content (AvgIpc) is 3.28. The van der Waals surface area contributed by atoms with Crippen LogP contribution in [-0.4, -0.2) is 37.4 Å². The summed E-state index contributed by atoms with van der Waals surface area (Å²) < 4.78 is 1.90. The molecule has 0 saturated heterocycles. The number of benzene rings is 1. The molecule has 0 spiro atoms. The second-order valence-electron chi connectivity index (χ2n) is 7.94. The zero-order valence-electron chi connectivity index (χ0n) is 16.9. The third-order valence-corrected chi connectivity index (χ3v) is 5.37. The van der Waals surface area contributed by atoms with Gasteiger partial charge >= 0.3 is 0 Å². The summed E-state index contributed by atoms with van der Waals surface area (Å²) in [5, 5.41) is 11.6. The summed E-state index contributed by atoms with van der Waals surface area (Å²) in [7, 11) is 0. The summed E-state index contributed by atoms with van der Waals surface area (Å²) in [6.45, 7) is 6.43. The monoisotopic (exact) mass is 391 g/mol. The Labute approximate surface area is 169 Å². The van der Waals surface area contributed by atoms with Crippen LogP contribution < -0.4 is 5.32 Å². The van der Waals surface area contributed by atoms with Gasteiger partial charge in [-0.05, 0) is 43.0 Å². The Hall–Kier alpha value is -3.22. The molecule has 150 valence electrons. The number of hydrogen-bond acceptors (Lipinski definition) is 4. The van der Waals surface area contributed by atoms with Crippen molar-refractivity contribution < 1.29 is 9.59 Å². The third-order valence-electron chi connectivity index (χ3n) is 5.37. The molecule has 2 atom stereocenters. The van der Waals surface area contributed by atoms with Gasteiger partial charge in [-0.15, -0.1) is 10.2 Å². The minimum Gasteiger partial charge on any atom is -0.344 e. The number of pyridine rings is 1. The molecule has 3 aromatic rings. The zero-order chi connectivity index (χ0) is 20.5. The molecule has 0 aliphatic carbocycles. The van der Waals surface area contributed by atoms with Crippen molar-refractivity contribution in [2.24, 2.45) is 5.92 Å². The highest BCUT2D eigenvalue weighted by Crippen LogP contribution is 2.26. The number of fused-ring (bicyclic) bond motifs is 2. The third kappa shape index (κ3) is 3.60. The van der Waals surface area contributed by atoms with E-state index in [0.717, 1.165) is 17.6 Å². The summed E-state index contributed by atoms with van der Waals surface area (Å²) in [6.07, 6.45) is 2.62. The first kappa shape index (κ1) is 19.1. The number of hydrogen-bond donors (Lipinski definition) is 1. The van der Waals surface area contributed by atoms with Crippen molar-refractivity contribution >= 4 is 17.5 Å². The first-order valence-corrected chi connectivity index (χ1v) is 9.94. The number of nitrogens with one attached hydrogen (secondary N) is 1. The van der Waals surface area contributed by atoms with Gasteiger partial charge in [-0.2, -0.15) is 0 Å². The minimum absolute atomic E-state index is 0.100. The summed E-state index contributed by atoms with van der Waals surface area (Å²) in [4.78, 5) is 27.4. The molecule has 7 heteroatoms. The molecule has 0 fully saturated rings. The molecule has 4 rings (SSSR count). The highest BCUT2D eigenvalue weighted by atomic mass is 16.2. The van der Waals surface area contributed by atoms with Crippen LogP contribution in [0.4, 0.5) is 0 Å². The number of nitrogens with zero attached hydrogens (tertiary/aromatic N) is 4. The van der Waals surface area contributed by atoms with Crippen molar-refractivity contribution in [3.05, 3.63) is 65.6 Å². The highest BCUT2D eigenvalue weighted by molar-refractivity contribution is 6.01. The normalized spacial score (nSPS) is 15.6. The van der Waals surface area contributed by atoms with Crippen LogP contribution in [0.25, 0.3) is 5.65 Å². The number of carbonyl (C=O) groups is 2. The van der Waals surface area contributed by atoms with E-state index < -0.39 is 6.04 Å². The Bertz CT molecular complexity index is 1060. The number of rotatable bonds is 6. The lowest BCUT2D eigenvalue weighted by Gasteiger charge is -2.26. The van der Waals surface area contributed by atoms with E-state index in [0.29, 0.717) is 23.9 Å². The van der Waals surface area contributed by atoms with E-state index in [1.807, 2.05) is 53.1 Å². The van der Waals surface area contributed by atoms with Crippen LogP contribution in [0, 0.1) is 5.92 Å². The van der Waals surface area contributed by atoms with Crippen LogP contribution in [0.15, 0.2) is 48.7 Å². The maximum atomic E-state index is 13.1. The molecule has 1 N–H and O–H groups in total. The predicted molar refractivity (Wildman–Crippen MR) is 109 cm³/mol. The van der Waals surface area contributed by atoms with Crippen molar-refractivity contribution in [3.8, 4) is 0 Å². The lowest BCUT2D eigenvalue weighted by molar-refractivity contribution is -0.126. The van der Waals surface area contributed by atoms with E-state index in [1.54, 1.807) is 11.8 Å². The SMILES string of the molecule is CC(C)CC(NC(=O)C(C)N1Cc2ccccc2C1=O)c1nnc2ccccn12. The van der Waals surface area contributed by atoms with E-state index in [1.165, 1.54) is 0 Å². The van der Waals surface area contributed by atoms with Gasteiger partial charge < -0.3 is 10.2 Å². The number of amides is 2. The second-order valence-corrected chi connectivity index (χ2v) is 7.94. The Morgan fingerprint density at radius 2 is 1.86 bits per heavy atom. The molecule has 0 saturated carbocycles. The van der Waals surface area contributed by atoms with Gasteiger partial charge in [0.2, 0.25) is 5.91 Å². The molecule has 0 radical (unpaired) electrons. The van der Waals surface area contributed by atoms with Gasteiger partial charge in [0.1, 0.15) is 6.04 Å². The van der Waals surface area contributed by atoms with E-state index in [4.69, 9.17) is 0 Å². The quantitative estimate of drug-likeness (QED) is 0.701. The smallest absolute Gasteiger partial charge is 0.255 e. The molecule has 2 amide bonds. The molecule has 7 nitrogen and oxygen atoms in total. The van der Waals surface area contributed by atoms with Crippen molar-refractivity contribution in [2.75, 3.05) is 0 Å². The summed E-state index contributed by atoms with van der Waals surface area (Å²) in [5.41, 5.74) is 2.37. The largest absolute Gasteiger partial charge is 0.344 e. The van der Waals surface area contributed by atoms with Gasteiger partial charge in [-0.25, -0.2) is 0 Å². The van der Waals surface area contributed by atoms with Gasteiger partial charge in [0.15, 0.2) is 11.5 Å². The molecule has 2 aromatic heterocycles. The van der Waals surface area contributed by atoms with Crippen molar-refractivity contribution in [1.82, 2.24) is 24.8 Å². The predicted octanol–water partition coefficient (Wildman–Crippen LogP) is 2.98. The maximum Gasteiger partial charge on any atom is 0.255 e. The van der Waals surface area contributed by atoms with Crippen molar-refractivity contribution in [1.29, 1.82) is 0 Å². The Kier molecular flexibility index (Phi) is 5.05. The Morgan fingerprint density at radius 1 is 1.10 bits per heavy atom. The molecule has 2 unspecified atom stereocenters. The minimum atomic E-state index is -0.580. The molecule has 1 aliphatic heterocycles. The van der Waals surface area contributed by atoms with Crippen LogP contribution in [0.3, 0.4) is 0 Å². The second kappa shape index (κ2) is 7.66. The number of carbonyl (C=O) groups excluding carboxylic acids is 2. The van der Waals surface area contributed by atoms with E-state index in [9.17, 15) is 9.59 Å². The van der Waals surface area contributed by atoms with E-state index >= 15 is 0 Å². The van der Waals surface area contributed by atoms with Crippen molar-refractivity contribution in [3.63, 3.8) is 0 Å². The first-order valence-electron chi connectivity index (χ1n) is 9.94. The summed E-state index contributed by atoms with van der Waals surface area (Å²) >= 11 is 0. The summed E-state index contributed by atoms with van der Waals surface area (Å²) in [5.74, 6) is 0.760. The van der Waals surface area contributed by atoms with Crippen LogP contribution in [-0.2, 0) is 11.3 Å². The van der Waals surface area contributed by atoms with Crippen molar-refractivity contribution in [2.45, 2.75) is 45.8 Å². The molecule has 1 aromatic carbocycles. The molecular weight excluding hydrogens is 366 g/mol. The van der Waals surface area contributed by atoms with Gasteiger partial charge in [0.25, 0.3) is 5.91 Å². The molecule has 1 aliphatic rings. The molecule has 3 heterocycles. The van der Waals surface area contributed by atoms with Crippen LogP contribution in [0.5, 0.6) is 0 Å². The Morgan fingerprint density at radius 3 is 2.62 bits per heavy atom. The fraction of sp³-hybridized carbons (Fsp3) is 0.364. The average molecular weight is 391 g/mol. The molecule has 29 heavy (non-hydrogen) atoms. The standard InChI is InChI=1S/C22H25N5O2/c1-14(2)12-18(20-25-24-19-10-6-7-11-26(19)20)23-21(28)15(3)27-13-16-8-4-5-9-17(16)22(27)29/h4-11,14-15,18H,12-13H2,1-3H3,(H,23,28). The highest BCUT2D eigenvalue weighted by Gasteiger charge is 2.34. The van der Waals surface area contributed by atoms with Crippen LogP contribution >= 0.6 is 0 Å². The summed E-state index contributed by atoms with van der Waals surface area (Å²) in [6, 6.07) is 12.3. The lowest BCUT2D eigenvalue weighted by atomic mass is 10.0. The zero-order valence-corrected chi connectivity index (χ0v) is 16.9. The topological polar surface area (TPSA) is 79.6 Å². The van der Waals surface area contributed by atoms with Crippen LogP contribution in [0.1, 0.15) is 55.0 Å². The van der Waals surface area contributed by atoms with E-state index in [2.05, 4.69) is 29.4 Å². The van der Waals surface area contributed by atoms with E-state index in [-0.39, 0.29) is 17.9 Å². The molecule has 0 bridgehead atoms. The van der Waals surface area contributed by atoms with Crippen LogP contribution in [0.2, 0.25) is 0 Å². The van der Waals surface area contributed by atoms with Gasteiger partial charge in [0, 0.05) is 18.3 Å². The van der Waals surface area contributed by atoms with Gasteiger partial charge in [0.05, 0.1) is 6.04 Å². The maximum absolute atomic E-state index is 13.1. The van der Waals surface area contributed by atoms with Gasteiger partial charge in [-0.1, -0.05) is 38.1 Å². The van der Waals surface area contributed by atoms with Gasteiger partial charge in [-0.3, -0.25) is 14.0 Å². The molecular formula is C22H25N5O2.